The number of aromatic carboxylic acids is 1. The van der Waals surface area contributed by atoms with Crippen LogP contribution in [0.1, 0.15) is 15.9 Å². The number of halogens is 1. The van der Waals surface area contributed by atoms with Crippen LogP contribution in [0, 0.1) is 5.82 Å². The Balaban J connectivity index is 2.27. The normalized spacial score (nSPS) is 11.3. The minimum atomic E-state index is -4.13. The molecule has 0 saturated heterocycles. The van der Waals surface area contributed by atoms with E-state index in [0.29, 0.717) is 5.56 Å². The molecule has 0 saturated carbocycles. The molecule has 0 aromatic heterocycles. The smallest absolute Gasteiger partial charge is 0.335 e. The molecule has 0 aliphatic heterocycles. The monoisotopic (exact) mass is 309 g/mol. The van der Waals surface area contributed by atoms with Crippen molar-refractivity contribution in [1.29, 1.82) is 0 Å². The third kappa shape index (κ3) is 3.65. The van der Waals surface area contributed by atoms with Crippen molar-refractivity contribution in [3.63, 3.8) is 0 Å². The highest BCUT2D eigenvalue weighted by atomic mass is 32.2. The van der Waals surface area contributed by atoms with Crippen molar-refractivity contribution in [3.05, 3.63) is 65.5 Å². The molecule has 0 spiro atoms. The Bertz CT molecular complexity index is 760. The van der Waals surface area contributed by atoms with E-state index in [2.05, 4.69) is 4.72 Å². The third-order valence-corrected chi connectivity index (χ3v) is 4.19. The summed E-state index contributed by atoms with van der Waals surface area (Å²) in [4.78, 5) is 10.2. The van der Waals surface area contributed by atoms with E-state index in [1.807, 2.05) is 0 Å². The van der Waals surface area contributed by atoms with Gasteiger partial charge >= 0.3 is 5.97 Å². The van der Waals surface area contributed by atoms with Gasteiger partial charge in [-0.3, -0.25) is 0 Å². The second kappa shape index (κ2) is 6.02. The van der Waals surface area contributed by atoms with Crippen molar-refractivity contribution in [2.24, 2.45) is 0 Å². The fourth-order valence-electron chi connectivity index (χ4n) is 1.69. The van der Waals surface area contributed by atoms with E-state index < -0.39 is 26.7 Å². The van der Waals surface area contributed by atoms with Gasteiger partial charge in [0.15, 0.2) is 0 Å². The lowest BCUT2D eigenvalue weighted by Gasteiger charge is -2.08. The summed E-state index contributed by atoms with van der Waals surface area (Å²) in [5.41, 5.74) is 0.410. The Morgan fingerprint density at radius 3 is 2.43 bits per heavy atom. The van der Waals surface area contributed by atoms with Gasteiger partial charge in [0.1, 0.15) is 10.7 Å². The second-order valence-electron chi connectivity index (χ2n) is 4.26. The van der Waals surface area contributed by atoms with Crippen LogP contribution < -0.4 is 4.72 Å². The van der Waals surface area contributed by atoms with Gasteiger partial charge in [0, 0.05) is 6.54 Å². The number of benzene rings is 2. The summed E-state index contributed by atoms with van der Waals surface area (Å²) >= 11 is 0. The highest BCUT2D eigenvalue weighted by Crippen LogP contribution is 2.17. The molecular formula is C14H12FNO4S. The van der Waals surface area contributed by atoms with Crippen molar-refractivity contribution in [1.82, 2.24) is 4.72 Å². The number of carboxylic acids is 1. The van der Waals surface area contributed by atoms with E-state index in [9.17, 15) is 17.6 Å². The first-order valence-corrected chi connectivity index (χ1v) is 7.45. The quantitative estimate of drug-likeness (QED) is 0.885. The molecule has 2 rings (SSSR count). The number of nitrogens with one attached hydrogen (secondary N) is 1. The van der Waals surface area contributed by atoms with E-state index in [4.69, 9.17) is 5.11 Å². The van der Waals surface area contributed by atoms with Crippen molar-refractivity contribution >= 4 is 16.0 Å². The zero-order valence-electron chi connectivity index (χ0n) is 10.8. The molecule has 0 atom stereocenters. The summed E-state index contributed by atoms with van der Waals surface area (Å²) in [7, 11) is -4.13. The van der Waals surface area contributed by atoms with Crippen LogP contribution in [0.2, 0.25) is 0 Å². The number of hydrogen-bond acceptors (Lipinski definition) is 3. The molecule has 5 nitrogen and oxygen atoms in total. The minimum absolute atomic E-state index is 0.0140. The molecule has 0 aliphatic carbocycles. The second-order valence-corrected chi connectivity index (χ2v) is 6.00. The molecule has 0 radical (unpaired) electrons. The highest BCUT2D eigenvalue weighted by Gasteiger charge is 2.20. The van der Waals surface area contributed by atoms with E-state index in [-0.39, 0.29) is 12.1 Å². The van der Waals surface area contributed by atoms with Gasteiger partial charge in [-0.25, -0.2) is 22.3 Å². The zero-order chi connectivity index (χ0) is 15.5. The van der Waals surface area contributed by atoms with Crippen molar-refractivity contribution in [3.8, 4) is 0 Å². The summed E-state index contributed by atoms with van der Waals surface area (Å²) < 4.78 is 40.0. The molecule has 110 valence electrons. The standard InChI is InChI=1S/C14H12FNO4S/c15-12-7-6-11(14(17)18)8-13(12)21(19,20)16-9-10-4-2-1-3-5-10/h1-8,16H,9H2,(H,17,18). The fourth-order valence-corrected chi connectivity index (χ4v) is 2.81. The molecule has 0 amide bonds. The largest absolute Gasteiger partial charge is 0.478 e. The maximum absolute atomic E-state index is 13.6. The number of carboxylic acid groups (broad SMARTS) is 1. The van der Waals surface area contributed by atoms with Gasteiger partial charge in [-0.2, -0.15) is 0 Å². The highest BCUT2D eigenvalue weighted by molar-refractivity contribution is 7.89. The van der Waals surface area contributed by atoms with Crippen LogP contribution in [0.3, 0.4) is 0 Å². The number of sulfonamides is 1. The predicted molar refractivity (Wildman–Crippen MR) is 73.8 cm³/mol. The molecule has 0 bridgehead atoms. The lowest BCUT2D eigenvalue weighted by molar-refractivity contribution is 0.0696. The van der Waals surface area contributed by atoms with E-state index in [0.717, 1.165) is 18.2 Å². The lowest BCUT2D eigenvalue weighted by atomic mass is 10.2. The topological polar surface area (TPSA) is 83.5 Å². The Labute approximate surface area is 121 Å². The van der Waals surface area contributed by atoms with Gasteiger partial charge in [-0.1, -0.05) is 30.3 Å². The van der Waals surface area contributed by atoms with E-state index in [1.54, 1.807) is 30.3 Å². The summed E-state index contributed by atoms with van der Waals surface area (Å²) in [5.74, 6) is -2.32. The van der Waals surface area contributed by atoms with E-state index >= 15 is 0 Å². The van der Waals surface area contributed by atoms with Crippen LogP contribution in [-0.2, 0) is 16.6 Å². The first-order chi connectivity index (χ1) is 9.90. The molecule has 7 heteroatoms. The summed E-state index contributed by atoms with van der Waals surface area (Å²) in [6.45, 7) is -0.0140. The predicted octanol–water partition coefficient (Wildman–Crippen LogP) is 2.00. The van der Waals surface area contributed by atoms with Crippen molar-refractivity contribution in [2.75, 3.05) is 0 Å². The molecule has 2 aromatic carbocycles. The first-order valence-electron chi connectivity index (χ1n) is 5.96. The number of carbonyl (C=O) groups is 1. The molecule has 0 aliphatic rings. The van der Waals surface area contributed by atoms with Gasteiger partial charge in [-0.05, 0) is 23.8 Å². The molecule has 21 heavy (non-hydrogen) atoms. The molecule has 0 unspecified atom stereocenters. The molecular weight excluding hydrogens is 297 g/mol. The van der Waals surface area contributed by atoms with Crippen LogP contribution in [0.5, 0.6) is 0 Å². The Morgan fingerprint density at radius 1 is 1.14 bits per heavy atom. The van der Waals surface area contributed by atoms with Gasteiger partial charge < -0.3 is 5.11 Å². The first kappa shape index (κ1) is 15.1. The Hall–Kier alpha value is -2.25. The summed E-state index contributed by atoms with van der Waals surface area (Å²) in [6.07, 6.45) is 0. The summed E-state index contributed by atoms with van der Waals surface area (Å²) in [5, 5.41) is 8.84. The van der Waals surface area contributed by atoms with Gasteiger partial charge in [0.25, 0.3) is 0 Å². The van der Waals surface area contributed by atoms with Crippen LogP contribution in [0.25, 0.3) is 0 Å². The van der Waals surface area contributed by atoms with Crippen LogP contribution in [0.15, 0.2) is 53.4 Å². The van der Waals surface area contributed by atoms with Crippen molar-refractivity contribution in [2.45, 2.75) is 11.4 Å². The molecule has 0 heterocycles. The lowest BCUT2D eigenvalue weighted by Crippen LogP contribution is -2.24. The average molecular weight is 309 g/mol. The van der Waals surface area contributed by atoms with Gasteiger partial charge in [0.2, 0.25) is 10.0 Å². The molecule has 2 aromatic rings. The number of rotatable bonds is 5. The Morgan fingerprint density at radius 2 is 1.81 bits per heavy atom. The van der Waals surface area contributed by atoms with Crippen molar-refractivity contribution < 1.29 is 22.7 Å². The summed E-state index contributed by atoms with van der Waals surface area (Å²) in [6, 6.07) is 11.3. The fraction of sp³-hybridized carbons (Fsp3) is 0.0714. The van der Waals surface area contributed by atoms with Crippen LogP contribution >= 0.6 is 0 Å². The van der Waals surface area contributed by atoms with Crippen LogP contribution in [-0.4, -0.2) is 19.5 Å². The maximum atomic E-state index is 13.6. The Kier molecular flexibility index (Phi) is 4.35. The SMILES string of the molecule is O=C(O)c1ccc(F)c(S(=O)(=O)NCc2ccccc2)c1. The molecule has 2 N–H and O–H groups in total. The maximum Gasteiger partial charge on any atom is 0.335 e. The average Bonchev–Trinajstić information content (AvgIpc) is 2.46. The zero-order valence-corrected chi connectivity index (χ0v) is 11.6. The molecule has 0 fully saturated rings. The van der Waals surface area contributed by atoms with Gasteiger partial charge in [0.05, 0.1) is 5.56 Å². The van der Waals surface area contributed by atoms with Crippen LogP contribution in [0.4, 0.5) is 4.39 Å². The van der Waals surface area contributed by atoms with Gasteiger partial charge in [-0.15, -0.1) is 0 Å². The van der Waals surface area contributed by atoms with E-state index in [1.165, 1.54) is 0 Å². The third-order valence-electron chi connectivity index (χ3n) is 2.78. The minimum Gasteiger partial charge on any atom is -0.478 e. The number of hydrogen-bond donors (Lipinski definition) is 2.